The summed E-state index contributed by atoms with van der Waals surface area (Å²) < 4.78 is 5.30. The van der Waals surface area contributed by atoms with Crippen LogP contribution in [0.1, 0.15) is 0 Å². The molecule has 0 amide bonds. The molecule has 1 saturated heterocycles. The van der Waals surface area contributed by atoms with Crippen molar-refractivity contribution in [2.75, 3.05) is 19.7 Å². The fraction of sp³-hybridized carbons (Fsp3) is 0.875. The third kappa shape index (κ3) is 1.50. The van der Waals surface area contributed by atoms with Crippen LogP contribution in [0.2, 0.25) is 0 Å². The van der Waals surface area contributed by atoms with E-state index in [4.69, 9.17) is 9.84 Å². The maximum atomic E-state index is 9.63. The summed E-state index contributed by atoms with van der Waals surface area (Å²) in [7, 11) is 0. The van der Waals surface area contributed by atoms with Crippen LogP contribution in [0.25, 0.3) is 0 Å². The lowest BCUT2D eigenvalue weighted by molar-refractivity contribution is -0.0668. The topological polar surface area (TPSA) is 85.5 Å². The van der Waals surface area contributed by atoms with Crippen molar-refractivity contribution in [2.45, 2.75) is 24.5 Å². The average molecular weight is 202 g/mol. The Hall–Kier alpha value is -0.690. The molecule has 0 bridgehead atoms. The highest BCUT2D eigenvalue weighted by atomic mass is 16.6. The van der Waals surface area contributed by atoms with Gasteiger partial charge in [0.15, 0.2) is 6.23 Å². The van der Waals surface area contributed by atoms with Gasteiger partial charge < -0.3 is 25.0 Å². The zero-order valence-corrected chi connectivity index (χ0v) is 7.65. The summed E-state index contributed by atoms with van der Waals surface area (Å²) in [6.45, 7) is 1.05. The van der Waals surface area contributed by atoms with Crippen molar-refractivity contribution >= 4 is 6.34 Å². The van der Waals surface area contributed by atoms with Gasteiger partial charge in [0.25, 0.3) is 0 Å². The summed E-state index contributed by atoms with van der Waals surface area (Å²) in [6.07, 6.45) is -1.71. The zero-order valence-electron chi connectivity index (χ0n) is 7.65. The van der Waals surface area contributed by atoms with Crippen LogP contribution in [-0.4, -0.2) is 70.8 Å². The SMILES string of the molecule is OCC1OC(N2C=NCC2)C(O)C1O. The van der Waals surface area contributed by atoms with Crippen molar-refractivity contribution in [2.24, 2.45) is 4.99 Å². The number of aliphatic imine (C=N–C) groups is 1. The number of ether oxygens (including phenoxy) is 1. The van der Waals surface area contributed by atoms with Gasteiger partial charge in [-0.3, -0.25) is 4.99 Å². The predicted octanol–water partition coefficient (Wildman–Crippen LogP) is -2.23. The van der Waals surface area contributed by atoms with Crippen molar-refractivity contribution in [1.29, 1.82) is 0 Å². The Kier molecular flexibility index (Phi) is 2.69. The first-order valence-corrected chi connectivity index (χ1v) is 4.62. The molecule has 0 spiro atoms. The van der Waals surface area contributed by atoms with Gasteiger partial charge in [0, 0.05) is 6.54 Å². The highest BCUT2D eigenvalue weighted by Gasteiger charge is 2.44. The maximum Gasteiger partial charge on any atom is 0.160 e. The van der Waals surface area contributed by atoms with E-state index in [1.54, 1.807) is 11.2 Å². The largest absolute Gasteiger partial charge is 0.394 e. The Bertz CT molecular complexity index is 235. The summed E-state index contributed by atoms with van der Waals surface area (Å²) >= 11 is 0. The lowest BCUT2D eigenvalue weighted by Gasteiger charge is -2.24. The van der Waals surface area contributed by atoms with Gasteiger partial charge in [0.2, 0.25) is 0 Å². The van der Waals surface area contributed by atoms with Crippen LogP contribution >= 0.6 is 0 Å². The smallest absolute Gasteiger partial charge is 0.160 e. The van der Waals surface area contributed by atoms with Crippen LogP contribution in [0.15, 0.2) is 4.99 Å². The number of aliphatic hydroxyl groups excluding tert-OH is 3. The van der Waals surface area contributed by atoms with Gasteiger partial charge in [-0.05, 0) is 0 Å². The van der Waals surface area contributed by atoms with Gasteiger partial charge >= 0.3 is 0 Å². The van der Waals surface area contributed by atoms with Gasteiger partial charge in [-0.15, -0.1) is 0 Å². The first-order chi connectivity index (χ1) is 6.74. The third-order valence-corrected chi connectivity index (χ3v) is 2.56. The molecule has 0 aromatic rings. The second-order valence-corrected chi connectivity index (χ2v) is 3.49. The fourth-order valence-electron chi connectivity index (χ4n) is 1.74. The summed E-state index contributed by atoms with van der Waals surface area (Å²) in [6, 6.07) is 0. The summed E-state index contributed by atoms with van der Waals surface area (Å²) in [5.74, 6) is 0. The van der Waals surface area contributed by atoms with Crippen LogP contribution in [0.5, 0.6) is 0 Å². The van der Waals surface area contributed by atoms with Crippen molar-refractivity contribution in [3.63, 3.8) is 0 Å². The van der Waals surface area contributed by atoms with Gasteiger partial charge in [-0.25, -0.2) is 0 Å². The molecule has 6 nitrogen and oxygen atoms in total. The number of rotatable bonds is 2. The molecule has 4 unspecified atom stereocenters. The molecule has 80 valence electrons. The number of hydrogen-bond donors (Lipinski definition) is 3. The highest BCUT2D eigenvalue weighted by Crippen LogP contribution is 2.23. The monoisotopic (exact) mass is 202 g/mol. The van der Waals surface area contributed by atoms with Crippen LogP contribution in [-0.2, 0) is 4.74 Å². The van der Waals surface area contributed by atoms with E-state index in [1.165, 1.54) is 0 Å². The molecular formula is C8H14N2O4. The van der Waals surface area contributed by atoms with Gasteiger partial charge in [-0.2, -0.15) is 0 Å². The molecular weight excluding hydrogens is 188 g/mol. The molecule has 2 aliphatic heterocycles. The standard InChI is InChI=1S/C8H14N2O4/c11-3-5-6(12)7(13)8(14-5)10-2-1-9-4-10/h4-8,11-13H,1-3H2. The molecule has 4 atom stereocenters. The van der Waals surface area contributed by atoms with Crippen molar-refractivity contribution < 1.29 is 20.1 Å². The Morgan fingerprint density at radius 1 is 1.43 bits per heavy atom. The van der Waals surface area contributed by atoms with Crippen molar-refractivity contribution in [3.8, 4) is 0 Å². The van der Waals surface area contributed by atoms with Crippen LogP contribution in [0.4, 0.5) is 0 Å². The van der Waals surface area contributed by atoms with Crippen LogP contribution in [0, 0.1) is 0 Å². The number of nitrogens with zero attached hydrogens (tertiary/aromatic N) is 2. The Labute approximate surface area is 81.4 Å². The maximum absolute atomic E-state index is 9.63. The van der Waals surface area contributed by atoms with E-state index in [-0.39, 0.29) is 6.61 Å². The molecule has 2 rings (SSSR count). The molecule has 0 saturated carbocycles. The first kappa shape index (κ1) is 9.85. The minimum atomic E-state index is -1.03. The number of aliphatic hydroxyl groups is 3. The second kappa shape index (κ2) is 3.82. The average Bonchev–Trinajstić information content (AvgIpc) is 2.78. The van der Waals surface area contributed by atoms with Crippen LogP contribution in [0.3, 0.4) is 0 Å². The normalized spacial score (nSPS) is 42.4. The molecule has 1 fully saturated rings. The summed E-state index contributed by atoms with van der Waals surface area (Å²) in [5.41, 5.74) is 0. The lowest BCUT2D eigenvalue weighted by atomic mass is 10.1. The zero-order chi connectivity index (χ0) is 10.1. The van der Waals surface area contributed by atoms with Crippen molar-refractivity contribution in [1.82, 2.24) is 4.90 Å². The van der Waals surface area contributed by atoms with Gasteiger partial charge in [-0.1, -0.05) is 0 Å². The fourth-order valence-corrected chi connectivity index (χ4v) is 1.74. The minimum Gasteiger partial charge on any atom is -0.394 e. The van der Waals surface area contributed by atoms with Crippen LogP contribution < -0.4 is 0 Å². The van der Waals surface area contributed by atoms with E-state index in [1.807, 2.05) is 0 Å². The van der Waals surface area contributed by atoms with Gasteiger partial charge in [0.05, 0.1) is 19.5 Å². The lowest BCUT2D eigenvalue weighted by Crippen LogP contribution is -2.42. The molecule has 0 aromatic carbocycles. The molecule has 3 N–H and O–H groups in total. The molecule has 2 aliphatic rings. The third-order valence-electron chi connectivity index (χ3n) is 2.56. The molecule has 0 aromatic heterocycles. The predicted molar refractivity (Wildman–Crippen MR) is 47.8 cm³/mol. The quantitative estimate of drug-likeness (QED) is 0.472. The molecule has 2 heterocycles. The Balaban J connectivity index is 2.03. The molecule has 0 radical (unpaired) electrons. The molecule has 6 heteroatoms. The van der Waals surface area contributed by atoms with E-state index >= 15 is 0 Å². The van der Waals surface area contributed by atoms with E-state index < -0.39 is 24.5 Å². The van der Waals surface area contributed by atoms with E-state index in [0.717, 1.165) is 0 Å². The Morgan fingerprint density at radius 2 is 2.21 bits per heavy atom. The first-order valence-electron chi connectivity index (χ1n) is 4.62. The number of hydrogen-bond acceptors (Lipinski definition) is 6. The molecule has 0 aliphatic carbocycles. The second-order valence-electron chi connectivity index (χ2n) is 3.49. The minimum absolute atomic E-state index is 0.292. The highest BCUT2D eigenvalue weighted by molar-refractivity contribution is 5.57. The van der Waals surface area contributed by atoms with E-state index in [0.29, 0.717) is 13.1 Å². The van der Waals surface area contributed by atoms with Gasteiger partial charge in [0.1, 0.15) is 18.3 Å². The Morgan fingerprint density at radius 3 is 2.71 bits per heavy atom. The summed E-state index contributed by atoms with van der Waals surface area (Å²) in [5, 5.41) is 28.0. The van der Waals surface area contributed by atoms with E-state index in [9.17, 15) is 10.2 Å². The summed E-state index contributed by atoms with van der Waals surface area (Å²) in [4.78, 5) is 5.71. The van der Waals surface area contributed by atoms with E-state index in [2.05, 4.69) is 4.99 Å². The molecule has 14 heavy (non-hydrogen) atoms. The van der Waals surface area contributed by atoms with Crippen molar-refractivity contribution in [3.05, 3.63) is 0 Å².